The highest BCUT2D eigenvalue weighted by atomic mass is 19.1. The number of hydrogen-bond acceptors (Lipinski definition) is 2. The summed E-state index contributed by atoms with van der Waals surface area (Å²) in [4.78, 5) is 16.0. The third kappa shape index (κ3) is 3.62. The van der Waals surface area contributed by atoms with E-state index in [-0.39, 0.29) is 17.5 Å². The summed E-state index contributed by atoms with van der Waals surface area (Å²) in [5.74, 6) is -1.38. The minimum Gasteiger partial charge on any atom is -0.350 e. The van der Waals surface area contributed by atoms with Gasteiger partial charge in [0.15, 0.2) is 0 Å². The van der Waals surface area contributed by atoms with E-state index in [9.17, 15) is 13.6 Å². The van der Waals surface area contributed by atoms with Gasteiger partial charge in [0.2, 0.25) is 0 Å². The van der Waals surface area contributed by atoms with Crippen molar-refractivity contribution in [2.24, 2.45) is 0 Å². The van der Waals surface area contributed by atoms with Crippen LogP contribution in [0.2, 0.25) is 0 Å². The lowest BCUT2D eigenvalue weighted by atomic mass is 10.0. The summed E-state index contributed by atoms with van der Waals surface area (Å²) >= 11 is 0. The molecule has 0 fully saturated rings. The summed E-state index contributed by atoms with van der Waals surface area (Å²) in [7, 11) is 0. The maximum Gasteiger partial charge on any atom is 0.253 e. The van der Waals surface area contributed by atoms with Crippen molar-refractivity contribution >= 4 is 5.91 Å². The molecule has 1 heterocycles. The van der Waals surface area contributed by atoms with Gasteiger partial charge in [-0.3, -0.25) is 9.78 Å². The predicted octanol–water partition coefficient (Wildman–Crippen LogP) is 3.56. The minimum absolute atomic E-state index is 0.0343. The molecule has 1 N–H and O–H groups in total. The lowest BCUT2D eigenvalue weighted by Gasteiger charge is -2.12. The van der Waals surface area contributed by atoms with Gasteiger partial charge in [0.25, 0.3) is 5.91 Å². The number of amides is 1. The molecule has 0 aliphatic rings. The Balaban J connectivity index is 2.33. The number of hydrogen-bond donors (Lipinski definition) is 1. The predicted molar refractivity (Wildman–Crippen MR) is 76.8 cm³/mol. The Morgan fingerprint density at radius 2 is 2.05 bits per heavy atom. The number of carbonyl (C=O) groups is 1. The molecule has 1 amide bonds. The number of halogens is 2. The molecule has 2 aromatic rings. The Morgan fingerprint density at radius 3 is 2.76 bits per heavy atom. The number of rotatable bonds is 4. The van der Waals surface area contributed by atoms with Crippen LogP contribution in [-0.4, -0.2) is 16.9 Å². The fourth-order valence-electron chi connectivity index (χ4n) is 1.84. The first kappa shape index (κ1) is 15.1. The Bertz CT molecular complexity index is 658. The Kier molecular flexibility index (Phi) is 4.62. The summed E-state index contributed by atoms with van der Waals surface area (Å²) in [5, 5.41) is 2.80. The van der Waals surface area contributed by atoms with Gasteiger partial charge in [-0.2, -0.15) is 0 Å². The second-order valence-electron chi connectivity index (χ2n) is 4.87. The Morgan fingerprint density at radius 1 is 1.29 bits per heavy atom. The maximum atomic E-state index is 13.8. The van der Waals surface area contributed by atoms with E-state index in [0.29, 0.717) is 11.1 Å². The molecule has 5 heteroatoms. The third-order valence-corrected chi connectivity index (χ3v) is 3.23. The van der Waals surface area contributed by atoms with Crippen molar-refractivity contribution in [3.63, 3.8) is 0 Å². The maximum absolute atomic E-state index is 13.8. The molecule has 110 valence electrons. The quantitative estimate of drug-likeness (QED) is 0.935. The summed E-state index contributed by atoms with van der Waals surface area (Å²) in [6.07, 6.45) is 3.60. The monoisotopic (exact) mass is 290 g/mol. The van der Waals surface area contributed by atoms with E-state index < -0.39 is 11.6 Å². The summed E-state index contributed by atoms with van der Waals surface area (Å²) in [5.41, 5.74) is 0.765. The first-order valence-electron chi connectivity index (χ1n) is 6.72. The van der Waals surface area contributed by atoms with E-state index in [0.717, 1.165) is 24.6 Å². The van der Waals surface area contributed by atoms with Crippen LogP contribution >= 0.6 is 0 Å². The second kappa shape index (κ2) is 6.43. The van der Waals surface area contributed by atoms with Crippen LogP contribution in [0.4, 0.5) is 8.78 Å². The number of aromatic nitrogens is 1. The molecule has 1 aromatic carbocycles. The molecule has 1 atom stereocenters. The van der Waals surface area contributed by atoms with E-state index in [2.05, 4.69) is 10.3 Å². The van der Waals surface area contributed by atoms with Crippen LogP contribution in [0.15, 0.2) is 36.7 Å². The molecule has 0 unspecified atom stereocenters. The third-order valence-electron chi connectivity index (χ3n) is 3.23. The lowest BCUT2D eigenvalue weighted by molar-refractivity contribution is 0.0939. The van der Waals surface area contributed by atoms with Gasteiger partial charge in [0.1, 0.15) is 11.6 Å². The summed E-state index contributed by atoms with van der Waals surface area (Å²) < 4.78 is 27.0. The van der Waals surface area contributed by atoms with Gasteiger partial charge in [-0.05, 0) is 37.6 Å². The van der Waals surface area contributed by atoms with Crippen LogP contribution in [0.25, 0.3) is 11.1 Å². The minimum atomic E-state index is -0.558. The van der Waals surface area contributed by atoms with Crippen molar-refractivity contribution in [1.82, 2.24) is 10.3 Å². The standard InChI is InChI=1S/C16H16F2N2O/c1-3-10(2)20-16(21)12-6-11(8-19-9-12)14-7-13(17)4-5-15(14)18/h4-10H,3H2,1-2H3,(H,20,21)/t10-/m0/s1. The molecule has 21 heavy (non-hydrogen) atoms. The van der Waals surface area contributed by atoms with E-state index in [4.69, 9.17) is 0 Å². The van der Waals surface area contributed by atoms with Crippen LogP contribution in [0.5, 0.6) is 0 Å². The van der Waals surface area contributed by atoms with Gasteiger partial charge < -0.3 is 5.32 Å². The van der Waals surface area contributed by atoms with E-state index in [1.165, 1.54) is 18.5 Å². The van der Waals surface area contributed by atoms with Crippen molar-refractivity contribution in [3.05, 3.63) is 53.9 Å². The normalized spacial score (nSPS) is 12.0. The SMILES string of the molecule is CC[C@H](C)NC(=O)c1cncc(-c2cc(F)ccc2F)c1. The second-order valence-corrected chi connectivity index (χ2v) is 4.87. The zero-order valence-electron chi connectivity index (χ0n) is 11.9. The number of nitrogens with zero attached hydrogens (tertiary/aromatic N) is 1. The average Bonchev–Trinajstić information content (AvgIpc) is 2.49. The Hall–Kier alpha value is -2.30. The number of benzene rings is 1. The van der Waals surface area contributed by atoms with Crippen molar-refractivity contribution in [3.8, 4) is 11.1 Å². The molecule has 0 saturated carbocycles. The van der Waals surface area contributed by atoms with Crippen LogP contribution in [0.1, 0.15) is 30.6 Å². The number of carbonyl (C=O) groups excluding carboxylic acids is 1. The molecule has 0 radical (unpaired) electrons. The van der Waals surface area contributed by atoms with Crippen LogP contribution < -0.4 is 5.32 Å². The lowest BCUT2D eigenvalue weighted by Crippen LogP contribution is -2.31. The highest BCUT2D eigenvalue weighted by molar-refractivity contribution is 5.95. The van der Waals surface area contributed by atoms with Gasteiger partial charge in [-0.25, -0.2) is 8.78 Å². The van der Waals surface area contributed by atoms with Gasteiger partial charge in [0, 0.05) is 29.6 Å². The molecular formula is C16H16F2N2O. The molecular weight excluding hydrogens is 274 g/mol. The molecule has 0 spiro atoms. The van der Waals surface area contributed by atoms with Crippen molar-refractivity contribution < 1.29 is 13.6 Å². The zero-order valence-corrected chi connectivity index (χ0v) is 11.9. The van der Waals surface area contributed by atoms with Gasteiger partial charge >= 0.3 is 0 Å². The fraction of sp³-hybridized carbons (Fsp3) is 0.250. The summed E-state index contributed by atoms with van der Waals surface area (Å²) in [6.45, 7) is 3.85. The molecule has 3 nitrogen and oxygen atoms in total. The highest BCUT2D eigenvalue weighted by Gasteiger charge is 2.12. The Labute approximate surface area is 122 Å². The molecule has 1 aromatic heterocycles. The van der Waals surface area contributed by atoms with Gasteiger partial charge in [0.05, 0.1) is 5.56 Å². The number of nitrogens with one attached hydrogen (secondary N) is 1. The van der Waals surface area contributed by atoms with Crippen LogP contribution in [0, 0.1) is 11.6 Å². The first-order chi connectivity index (χ1) is 10.0. The van der Waals surface area contributed by atoms with E-state index >= 15 is 0 Å². The van der Waals surface area contributed by atoms with Gasteiger partial charge in [-0.15, -0.1) is 0 Å². The number of pyridine rings is 1. The van der Waals surface area contributed by atoms with Crippen LogP contribution in [-0.2, 0) is 0 Å². The van der Waals surface area contributed by atoms with Crippen LogP contribution in [0.3, 0.4) is 0 Å². The van der Waals surface area contributed by atoms with Crippen molar-refractivity contribution in [2.45, 2.75) is 26.3 Å². The first-order valence-corrected chi connectivity index (χ1v) is 6.72. The summed E-state index contributed by atoms with van der Waals surface area (Å²) in [6, 6.07) is 4.72. The van der Waals surface area contributed by atoms with Crippen molar-refractivity contribution in [2.75, 3.05) is 0 Å². The van der Waals surface area contributed by atoms with E-state index in [1.807, 2.05) is 13.8 Å². The largest absolute Gasteiger partial charge is 0.350 e. The molecule has 0 aliphatic carbocycles. The molecule has 0 bridgehead atoms. The van der Waals surface area contributed by atoms with Crippen molar-refractivity contribution in [1.29, 1.82) is 0 Å². The fourth-order valence-corrected chi connectivity index (χ4v) is 1.84. The highest BCUT2D eigenvalue weighted by Crippen LogP contribution is 2.23. The smallest absolute Gasteiger partial charge is 0.253 e. The topological polar surface area (TPSA) is 42.0 Å². The molecule has 2 rings (SSSR count). The molecule has 0 saturated heterocycles. The molecule has 0 aliphatic heterocycles. The van der Waals surface area contributed by atoms with E-state index in [1.54, 1.807) is 0 Å². The average molecular weight is 290 g/mol. The zero-order chi connectivity index (χ0) is 15.4. The van der Waals surface area contributed by atoms with Gasteiger partial charge in [-0.1, -0.05) is 6.92 Å².